The number of carbonyl (C=O) groups excluding carboxylic acids is 1. The van der Waals surface area contributed by atoms with E-state index in [0.717, 1.165) is 11.3 Å². The second-order valence-electron chi connectivity index (χ2n) is 2.81. The number of rotatable bonds is 0. The van der Waals surface area contributed by atoms with Crippen molar-refractivity contribution in [2.75, 3.05) is 0 Å². The lowest BCUT2D eigenvalue weighted by Crippen LogP contribution is -2.04. The normalized spacial score (nSPS) is 16.1. The minimum absolute atomic E-state index is 0.179. The van der Waals surface area contributed by atoms with Crippen molar-refractivity contribution in [3.8, 4) is 0 Å². The maximum Gasteiger partial charge on any atom is 0.195 e. The van der Waals surface area contributed by atoms with Crippen LogP contribution >= 0.6 is 11.3 Å². The van der Waals surface area contributed by atoms with E-state index in [4.69, 9.17) is 0 Å². The Bertz CT molecular complexity index is 333. The largest absolute Gasteiger partial charge is 0.288 e. The highest BCUT2D eigenvalue weighted by Gasteiger charge is 2.15. The molecule has 0 saturated heterocycles. The van der Waals surface area contributed by atoms with E-state index in [2.05, 4.69) is 0 Å². The van der Waals surface area contributed by atoms with Crippen LogP contribution in [0.25, 0.3) is 0 Å². The Morgan fingerprint density at radius 1 is 1.55 bits per heavy atom. The zero-order valence-electron chi connectivity index (χ0n) is 6.26. The first kappa shape index (κ1) is 6.80. The molecule has 0 fully saturated rings. The molecular weight excluding hydrogens is 156 g/mol. The Balaban J connectivity index is 2.54. The van der Waals surface area contributed by atoms with Crippen LogP contribution in [0.1, 0.15) is 22.2 Å². The summed E-state index contributed by atoms with van der Waals surface area (Å²) in [6.45, 7) is 2.00. The molecule has 1 aromatic rings. The molecule has 1 heterocycles. The van der Waals surface area contributed by atoms with Crippen LogP contribution in [0.2, 0.25) is 0 Å². The monoisotopic (exact) mass is 164 g/mol. The number of ketones is 1. The highest BCUT2D eigenvalue weighted by Crippen LogP contribution is 2.25. The van der Waals surface area contributed by atoms with Gasteiger partial charge in [-0.2, -0.15) is 0 Å². The van der Waals surface area contributed by atoms with Gasteiger partial charge in [0.15, 0.2) is 5.78 Å². The summed E-state index contributed by atoms with van der Waals surface area (Å²) in [6, 6.07) is 2.04. The van der Waals surface area contributed by atoms with Gasteiger partial charge >= 0.3 is 0 Å². The smallest absolute Gasteiger partial charge is 0.195 e. The number of allylic oxidation sites excluding steroid dienone is 2. The van der Waals surface area contributed by atoms with Crippen LogP contribution in [-0.2, 0) is 6.42 Å². The molecule has 2 heteroatoms. The molecule has 0 saturated carbocycles. The highest BCUT2D eigenvalue weighted by molar-refractivity contribution is 7.12. The van der Waals surface area contributed by atoms with Crippen molar-refractivity contribution in [3.05, 3.63) is 33.5 Å². The topological polar surface area (TPSA) is 17.1 Å². The molecule has 2 rings (SSSR count). The molecule has 1 aliphatic rings. The Morgan fingerprint density at radius 2 is 2.36 bits per heavy atom. The lowest BCUT2D eigenvalue weighted by atomic mass is 9.99. The summed E-state index contributed by atoms with van der Waals surface area (Å²) < 4.78 is 0. The molecule has 0 aliphatic heterocycles. The first-order valence-electron chi connectivity index (χ1n) is 3.55. The highest BCUT2D eigenvalue weighted by atomic mass is 32.1. The molecule has 0 unspecified atom stereocenters. The fraction of sp³-hybridized carbons (Fsp3) is 0.222. The Kier molecular flexibility index (Phi) is 1.43. The summed E-state index contributed by atoms with van der Waals surface area (Å²) in [6.07, 6.45) is 2.68. The van der Waals surface area contributed by atoms with E-state index >= 15 is 0 Å². The average molecular weight is 164 g/mol. The number of carbonyl (C=O) groups is 1. The molecule has 0 amide bonds. The maximum atomic E-state index is 11.3. The maximum absolute atomic E-state index is 11.3. The molecule has 0 radical (unpaired) electrons. The summed E-state index contributed by atoms with van der Waals surface area (Å²) in [4.78, 5) is 12.2. The number of thiophene rings is 1. The van der Waals surface area contributed by atoms with Gasteiger partial charge in [-0.15, -0.1) is 11.3 Å². The van der Waals surface area contributed by atoms with Crippen LogP contribution in [0.15, 0.2) is 23.1 Å². The van der Waals surface area contributed by atoms with Gasteiger partial charge in [-0.3, -0.25) is 4.79 Å². The molecule has 0 spiro atoms. The van der Waals surface area contributed by atoms with Gasteiger partial charge in [-0.05, 0) is 36.4 Å². The molecule has 56 valence electrons. The molecular formula is C9H8OS. The van der Waals surface area contributed by atoms with Crippen molar-refractivity contribution in [2.24, 2.45) is 0 Å². The zero-order valence-corrected chi connectivity index (χ0v) is 7.07. The lowest BCUT2D eigenvalue weighted by Gasteiger charge is -2.07. The van der Waals surface area contributed by atoms with Crippen molar-refractivity contribution in [2.45, 2.75) is 13.3 Å². The molecule has 11 heavy (non-hydrogen) atoms. The van der Waals surface area contributed by atoms with E-state index in [-0.39, 0.29) is 5.78 Å². The third-order valence-corrected chi connectivity index (χ3v) is 2.79. The van der Waals surface area contributed by atoms with Crippen molar-refractivity contribution >= 4 is 17.1 Å². The van der Waals surface area contributed by atoms with E-state index in [1.807, 2.05) is 18.4 Å². The first-order valence-corrected chi connectivity index (χ1v) is 4.43. The minimum Gasteiger partial charge on any atom is -0.288 e. The van der Waals surface area contributed by atoms with Gasteiger partial charge < -0.3 is 0 Å². The SMILES string of the molecule is CC1=CC(=O)c2sccc2C1. The van der Waals surface area contributed by atoms with Gasteiger partial charge in [0, 0.05) is 0 Å². The molecule has 1 aromatic heterocycles. The molecule has 1 nitrogen and oxygen atoms in total. The molecule has 1 aliphatic carbocycles. The second-order valence-corrected chi connectivity index (χ2v) is 3.72. The van der Waals surface area contributed by atoms with Crippen LogP contribution in [0.5, 0.6) is 0 Å². The van der Waals surface area contributed by atoms with Gasteiger partial charge in [0.2, 0.25) is 0 Å². The summed E-state index contributed by atoms with van der Waals surface area (Å²) in [5.74, 6) is 0.179. The number of hydrogen-bond acceptors (Lipinski definition) is 2. The second kappa shape index (κ2) is 2.31. The summed E-state index contributed by atoms with van der Waals surface area (Å²) in [5, 5.41) is 1.98. The van der Waals surface area contributed by atoms with Crippen molar-refractivity contribution in [1.82, 2.24) is 0 Å². The summed E-state index contributed by atoms with van der Waals surface area (Å²) >= 11 is 1.54. The van der Waals surface area contributed by atoms with Crippen LogP contribution in [0, 0.1) is 0 Å². The van der Waals surface area contributed by atoms with Crippen LogP contribution in [0.4, 0.5) is 0 Å². The predicted octanol–water partition coefficient (Wildman–Crippen LogP) is 2.43. The van der Waals surface area contributed by atoms with Gasteiger partial charge in [-0.1, -0.05) is 5.57 Å². The zero-order chi connectivity index (χ0) is 7.84. The Morgan fingerprint density at radius 3 is 3.18 bits per heavy atom. The number of hydrogen-bond donors (Lipinski definition) is 0. The van der Waals surface area contributed by atoms with Gasteiger partial charge in [0.05, 0.1) is 4.88 Å². The third kappa shape index (κ3) is 1.03. The van der Waals surface area contributed by atoms with Crippen LogP contribution in [0.3, 0.4) is 0 Å². The fourth-order valence-corrected chi connectivity index (χ4v) is 2.17. The summed E-state index contributed by atoms with van der Waals surface area (Å²) in [7, 11) is 0. The molecule has 0 atom stereocenters. The van der Waals surface area contributed by atoms with Gasteiger partial charge in [0.25, 0.3) is 0 Å². The Labute approximate surface area is 69.4 Å². The summed E-state index contributed by atoms with van der Waals surface area (Å²) in [5.41, 5.74) is 2.36. The van der Waals surface area contributed by atoms with E-state index in [1.165, 1.54) is 11.1 Å². The van der Waals surface area contributed by atoms with Crippen LogP contribution in [-0.4, -0.2) is 5.78 Å². The van der Waals surface area contributed by atoms with E-state index < -0.39 is 0 Å². The van der Waals surface area contributed by atoms with E-state index in [9.17, 15) is 4.79 Å². The number of fused-ring (bicyclic) bond motifs is 1. The standard InChI is InChI=1S/C9H8OS/c1-6-4-7-2-3-11-9(7)8(10)5-6/h2-3,5H,4H2,1H3. The predicted molar refractivity (Wildman–Crippen MR) is 46.1 cm³/mol. The van der Waals surface area contributed by atoms with Crippen molar-refractivity contribution in [1.29, 1.82) is 0 Å². The van der Waals surface area contributed by atoms with E-state index in [1.54, 1.807) is 17.4 Å². The van der Waals surface area contributed by atoms with Crippen molar-refractivity contribution < 1.29 is 4.79 Å². The molecule has 0 bridgehead atoms. The van der Waals surface area contributed by atoms with Crippen LogP contribution < -0.4 is 0 Å². The average Bonchev–Trinajstić information content (AvgIpc) is 2.34. The van der Waals surface area contributed by atoms with E-state index in [0.29, 0.717) is 0 Å². The van der Waals surface area contributed by atoms with Crippen molar-refractivity contribution in [3.63, 3.8) is 0 Å². The minimum atomic E-state index is 0.179. The fourth-order valence-electron chi connectivity index (χ4n) is 1.33. The first-order chi connectivity index (χ1) is 5.27. The van der Waals surface area contributed by atoms with Gasteiger partial charge in [0.1, 0.15) is 0 Å². The Hall–Kier alpha value is -0.890. The third-order valence-electron chi connectivity index (χ3n) is 1.82. The van der Waals surface area contributed by atoms with Gasteiger partial charge in [-0.25, -0.2) is 0 Å². The lowest BCUT2D eigenvalue weighted by molar-refractivity contribution is 0.104. The molecule has 0 N–H and O–H groups in total. The molecule has 0 aromatic carbocycles. The quantitative estimate of drug-likeness (QED) is 0.575.